The molecule has 4 N–H and O–H groups in total. The summed E-state index contributed by atoms with van der Waals surface area (Å²) in [6.07, 6.45) is 3.49. The number of fused-ring (bicyclic) bond motifs is 1. The molecule has 0 saturated heterocycles. The van der Waals surface area contributed by atoms with Crippen LogP contribution in [0.1, 0.15) is 19.3 Å². The van der Waals surface area contributed by atoms with Crippen molar-refractivity contribution in [2.75, 3.05) is 11.9 Å². The maximum absolute atomic E-state index is 12.0. The molecule has 4 nitrogen and oxygen atoms in total. The molecule has 1 aromatic carbocycles. The first-order valence-corrected chi connectivity index (χ1v) is 6.85. The lowest BCUT2D eigenvalue weighted by Crippen LogP contribution is -2.30. The number of rotatable bonds is 3. The van der Waals surface area contributed by atoms with Gasteiger partial charge in [0.25, 0.3) is 0 Å². The molecule has 1 aromatic heterocycles. The summed E-state index contributed by atoms with van der Waals surface area (Å²) in [5.74, 6) is 1.29. The van der Waals surface area contributed by atoms with Crippen molar-refractivity contribution in [3.63, 3.8) is 0 Å². The molecule has 0 radical (unpaired) electrons. The highest BCUT2D eigenvalue weighted by molar-refractivity contribution is 5.79. The number of H-pyrrole nitrogens is 1. The Balaban J connectivity index is 1.80. The number of nitrogens with one attached hydrogen (secondary N) is 2. The molecule has 3 rings (SSSR count). The molecule has 1 heterocycles. The third-order valence-corrected chi connectivity index (χ3v) is 4.01. The average Bonchev–Trinajstić information content (AvgIpc) is 2.82. The summed E-state index contributed by atoms with van der Waals surface area (Å²) >= 11 is 0. The first kappa shape index (κ1) is 12.2. The van der Waals surface area contributed by atoms with Gasteiger partial charge in [-0.3, -0.25) is 4.79 Å². The van der Waals surface area contributed by atoms with Crippen LogP contribution in [0.2, 0.25) is 0 Å². The Morgan fingerprint density at radius 2 is 2.16 bits per heavy atom. The van der Waals surface area contributed by atoms with Crippen molar-refractivity contribution in [2.45, 2.75) is 25.3 Å². The quantitative estimate of drug-likeness (QED) is 0.788. The average molecular weight is 257 g/mol. The molecule has 1 saturated carbocycles. The molecule has 0 amide bonds. The molecular weight excluding hydrogens is 238 g/mol. The van der Waals surface area contributed by atoms with Gasteiger partial charge in [0, 0.05) is 24.0 Å². The number of hydrogen-bond donors (Lipinski definition) is 3. The zero-order valence-corrected chi connectivity index (χ0v) is 10.9. The maximum atomic E-state index is 12.0. The Bertz CT molecular complexity index is 635. The lowest BCUT2D eigenvalue weighted by Gasteiger charge is -2.16. The van der Waals surface area contributed by atoms with Crippen LogP contribution in [0.15, 0.2) is 35.1 Å². The lowest BCUT2D eigenvalue weighted by atomic mass is 10.1. The number of para-hydroxylation sites is 1. The van der Waals surface area contributed by atoms with E-state index in [9.17, 15) is 4.79 Å². The molecule has 1 aliphatic rings. The van der Waals surface area contributed by atoms with E-state index >= 15 is 0 Å². The minimum absolute atomic E-state index is 0.0487. The van der Waals surface area contributed by atoms with E-state index in [0.29, 0.717) is 12.0 Å². The first-order chi connectivity index (χ1) is 9.24. The highest BCUT2D eigenvalue weighted by Gasteiger charge is 2.23. The Kier molecular flexibility index (Phi) is 3.25. The molecule has 2 atom stereocenters. The number of anilines is 1. The van der Waals surface area contributed by atoms with E-state index in [0.717, 1.165) is 29.7 Å². The fourth-order valence-electron chi connectivity index (χ4n) is 2.85. The molecule has 2 aromatic rings. The van der Waals surface area contributed by atoms with Gasteiger partial charge in [-0.2, -0.15) is 0 Å². The minimum Gasteiger partial charge on any atom is -0.371 e. The summed E-state index contributed by atoms with van der Waals surface area (Å²) in [5.41, 5.74) is 6.97. The summed E-state index contributed by atoms with van der Waals surface area (Å²) in [4.78, 5) is 15.2. The van der Waals surface area contributed by atoms with Gasteiger partial charge in [-0.25, -0.2) is 0 Å². The molecule has 1 aliphatic carbocycles. The van der Waals surface area contributed by atoms with Crippen molar-refractivity contribution < 1.29 is 0 Å². The molecule has 4 heteroatoms. The van der Waals surface area contributed by atoms with E-state index in [1.54, 1.807) is 6.07 Å². The summed E-state index contributed by atoms with van der Waals surface area (Å²) in [7, 11) is 0. The van der Waals surface area contributed by atoms with Crippen LogP contribution < -0.4 is 16.5 Å². The fourth-order valence-corrected chi connectivity index (χ4v) is 2.85. The highest BCUT2D eigenvalue weighted by atomic mass is 16.1. The van der Waals surface area contributed by atoms with Gasteiger partial charge < -0.3 is 16.0 Å². The van der Waals surface area contributed by atoms with E-state index in [2.05, 4.69) is 10.3 Å². The predicted octanol–water partition coefficient (Wildman–Crippen LogP) is 2.07. The summed E-state index contributed by atoms with van der Waals surface area (Å²) in [5, 5.41) is 4.04. The van der Waals surface area contributed by atoms with Crippen LogP contribution in [0.4, 0.5) is 5.82 Å². The van der Waals surface area contributed by atoms with Crippen molar-refractivity contribution in [3.8, 4) is 0 Å². The highest BCUT2D eigenvalue weighted by Crippen LogP contribution is 2.24. The van der Waals surface area contributed by atoms with Crippen molar-refractivity contribution in [3.05, 3.63) is 40.6 Å². The smallest absolute Gasteiger partial charge is 0.191 e. The topological polar surface area (TPSA) is 70.9 Å². The molecular formula is C15H19N3O. The monoisotopic (exact) mass is 257 g/mol. The molecule has 100 valence electrons. The van der Waals surface area contributed by atoms with E-state index in [4.69, 9.17) is 5.73 Å². The Labute approximate surface area is 112 Å². The number of aromatic amines is 1. The number of aromatic nitrogens is 1. The number of nitrogens with two attached hydrogens (primary N) is 1. The van der Waals surface area contributed by atoms with Crippen molar-refractivity contribution in [1.82, 2.24) is 4.98 Å². The van der Waals surface area contributed by atoms with E-state index in [-0.39, 0.29) is 5.43 Å². The van der Waals surface area contributed by atoms with Crippen LogP contribution in [0, 0.1) is 5.92 Å². The Hall–Kier alpha value is -1.81. The summed E-state index contributed by atoms with van der Waals surface area (Å²) in [6.45, 7) is 0.829. The number of hydrogen-bond acceptors (Lipinski definition) is 3. The van der Waals surface area contributed by atoms with E-state index in [1.807, 2.05) is 24.3 Å². The zero-order valence-electron chi connectivity index (χ0n) is 10.9. The summed E-state index contributed by atoms with van der Waals surface area (Å²) < 4.78 is 0. The van der Waals surface area contributed by atoms with Gasteiger partial charge in [0.05, 0.1) is 5.52 Å². The van der Waals surface area contributed by atoms with Gasteiger partial charge >= 0.3 is 0 Å². The van der Waals surface area contributed by atoms with Gasteiger partial charge in [-0.1, -0.05) is 18.6 Å². The zero-order chi connectivity index (χ0) is 13.2. The molecule has 0 bridgehead atoms. The van der Waals surface area contributed by atoms with Gasteiger partial charge in [0.1, 0.15) is 5.82 Å². The Morgan fingerprint density at radius 1 is 1.32 bits per heavy atom. The van der Waals surface area contributed by atoms with Crippen LogP contribution in [-0.2, 0) is 0 Å². The predicted molar refractivity (Wildman–Crippen MR) is 78.4 cm³/mol. The molecule has 0 aliphatic heterocycles. The van der Waals surface area contributed by atoms with Gasteiger partial charge in [-0.15, -0.1) is 0 Å². The standard InChI is InChI=1S/C15H19N3O/c16-12-6-3-4-10(12)9-17-15-8-14(19)11-5-1-2-7-13(11)18-15/h1-2,5,7-8,10,12H,3-4,6,9,16H2,(H2,17,18,19)/t10-,12-/m1/s1. The first-order valence-electron chi connectivity index (χ1n) is 6.85. The van der Waals surface area contributed by atoms with E-state index < -0.39 is 0 Å². The normalized spacial score (nSPS) is 22.8. The third kappa shape index (κ3) is 2.49. The SMILES string of the molecule is N[C@@H]1CCC[C@@H]1CNc1cc(=O)c2ccccc2[nH]1. The molecule has 0 unspecified atom stereocenters. The van der Waals surface area contributed by atoms with Crippen molar-refractivity contribution in [1.29, 1.82) is 0 Å². The number of benzene rings is 1. The maximum Gasteiger partial charge on any atom is 0.191 e. The second-order valence-corrected chi connectivity index (χ2v) is 5.33. The number of pyridine rings is 1. The molecule has 1 fully saturated rings. The van der Waals surface area contributed by atoms with Gasteiger partial charge in [-0.05, 0) is 30.9 Å². The van der Waals surface area contributed by atoms with Crippen LogP contribution in [0.25, 0.3) is 10.9 Å². The van der Waals surface area contributed by atoms with Crippen LogP contribution in [-0.4, -0.2) is 17.6 Å². The molecule has 19 heavy (non-hydrogen) atoms. The van der Waals surface area contributed by atoms with Crippen LogP contribution >= 0.6 is 0 Å². The minimum atomic E-state index is 0.0487. The third-order valence-electron chi connectivity index (χ3n) is 4.01. The van der Waals surface area contributed by atoms with Crippen LogP contribution in [0.5, 0.6) is 0 Å². The van der Waals surface area contributed by atoms with E-state index in [1.165, 1.54) is 12.8 Å². The van der Waals surface area contributed by atoms with Crippen molar-refractivity contribution >= 4 is 16.7 Å². The lowest BCUT2D eigenvalue weighted by molar-refractivity contribution is 0.504. The van der Waals surface area contributed by atoms with Crippen LogP contribution in [0.3, 0.4) is 0 Å². The summed E-state index contributed by atoms with van der Waals surface area (Å²) in [6, 6.07) is 9.48. The largest absolute Gasteiger partial charge is 0.371 e. The fraction of sp³-hybridized carbons (Fsp3) is 0.400. The Morgan fingerprint density at radius 3 is 2.95 bits per heavy atom. The van der Waals surface area contributed by atoms with Crippen molar-refractivity contribution in [2.24, 2.45) is 11.7 Å². The second-order valence-electron chi connectivity index (χ2n) is 5.33. The van der Waals surface area contributed by atoms with Gasteiger partial charge in [0.15, 0.2) is 5.43 Å². The molecule has 0 spiro atoms. The van der Waals surface area contributed by atoms with Gasteiger partial charge in [0.2, 0.25) is 0 Å². The second kappa shape index (κ2) is 5.05.